The van der Waals surface area contributed by atoms with Crippen molar-refractivity contribution in [2.75, 3.05) is 37.0 Å². The second kappa shape index (κ2) is 5.52. The van der Waals surface area contributed by atoms with E-state index in [1.54, 1.807) is 0 Å². The molecule has 2 N–H and O–H groups in total. The molecule has 18 heavy (non-hydrogen) atoms. The summed E-state index contributed by atoms with van der Waals surface area (Å²) >= 11 is 0. The van der Waals surface area contributed by atoms with E-state index >= 15 is 0 Å². The summed E-state index contributed by atoms with van der Waals surface area (Å²) in [7, 11) is 1.96. The van der Waals surface area contributed by atoms with E-state index in [4.69, 9.17) is 5.11 Å². The smallest absolute Gasteiger partial charge is 0.137 e. The highest BCUT2D eigenvalue weighted by atomic mass is 16.3. The molecular weight excluding hydrogens is 228 g/mol. The molecule has 0 radical (unpaired) electrons. The van der Waals surface area contributed by atoms with Crippen molar-refractivity contribution < 1.29 is 5.11 Å². The Bertz CT molecular complexity index is 418. The lowest BCUT2D eigenvalue weighted by Crippen LogP contribution is -2.24. The van der Waals surface area contributed by atoms with Crippen LogP contribution >= 0.6 is 0 Å². The lowest BCUT2D eigenvalue weighted by molar-refractivity contribution is 0.303. The summed E-state index contributed by atoms with van der Waals surface area (Å²) in [6, 6.07) is 0. The molecule has 0 aliphatic heterocycles. The van der Waals surface area contributed by atoms with E-state index in [2.05, 4.69) is 22.2 Å². The first-order chi connectivity index (χ1) is 8.67. The first-order valence-corrected chi connectivity index (χ1v) is 6.61. The van der Waals surface area contributed by atoms with Gasteiger partial charge >= 0.3 is 0 Å². The summed E-state index contributed by atoms with van der Waals surface area (Å²) in [6.45, 7) is 5.67. The van der Waals surface area contributed by atoms with Gasteiger partial charge in [-0.25, -0.2) is 9.97 Å². The standard InChI is InChI=1S/C13H22N4O/c1-4-14-11-9(2)13(17(3)7-8-18)16-12(15-11)10-5-6-10/h10,18H,4-8H2,1-3H3,(H,14,15,16). The van der Waals surface area contributed by atoms with Gasteiger partial charge in [0.1, 0.15) is 17.5 Å². The van der Waals surface area contributed by atoms with Crippen LogP contribution in [0.3, 0.4) is 0 Å². The van der Waals surface area contributed by atoms with Gasteiger partial charge in [-0.2, -0.15) is 0 Å². The maximum absolute atomic E-state index is 9.05. The van der Waals surface area contributed by atoms with Crippen LogP contribution in [0.5, 0.6) is 0 Å². The van der Waals surface area contributed by atoms with Crippen molar-refractivity contribution in [1.29, 1.82) is 0 Å². The molecule has 2 rings (SSSR count). The molecule has 0 atom stereocenters. The summed E-state index contributed by atoms with van der Waals surface area (Å²) in [5.74, 6) is 3.33. The molecule has 0 unspecified atom stereocenters. The molecule has 1 aromatic heterocycles. The number of aromatic nitrogens is 2. The Labute approximate surface area is 108 Å². The summed E-state index contributed by atoms with van der Waals surface area (Å²) < 4.78 is 0. The van der Waals surface area contributed by atoms with Gasteiger partial charge in [0.15, 0.2) is 0 Å². The van der Waals surface area contributed by atoms with Gasteiger partial charge in [0.2, 0.25) is 0 Å². The van der Waals surface area contributed by atoms with Crippen molar-refractivity contribution in [3.05, 3.63) is 11.4 Å². The van der Waals surface area contributed by atoms with E-state index in [1.807, 2.05) is 18.9 Å². The Morgan fingerprint density at radius 2 is 2.11 bits per heavy atom. The number of nitrogens with zero attached hydrogens (tertiary/aromatic N) is 3. The number of hydrogen-bond acceptors (Lipinski definition) is 5. The fourth-order valence-corrected chi connectivity index (χ4v) is 2.01. The molecule has 0 bridgehead atoms. The first-order valence-electron chi connectivity index (χ1n) is 6.61. The van der Waals surface area contributed by atoms with Crippen LogP contribution in [0.2, 0.25) is 0 Å². The molecule has 1 aromatic rings. The van der Waals surface area contributed by atoms with Crippen molar-refractivity contribution >= 4 is 11.6 Å². The molecule has 1 saturated carbocycles. The summed E-state index contributed by atoms with van der Waals surface area (Å²) in [5, 5.41) is 12.3. The average molecular weight is 250 g/mol. The second-order valence-corrected chi connectivity index (χ2v) is 4.83. The van der Waals surface area contributed by atoms with Gasteiger partial charge in [0.05, 0.1) is 6.61 Å². The number of aliphatic hydroxyl groups excluding tert-OH is 1. The van der Waals surface area contributed by atoms with Crippen molar-refractivity contribution in [2.24, 2.45) is 0 Å². The summed E-state index contributed by atoms with van der Waals surface area (Å²) in [5.41, 5.74) is 1.05. The molecule has 1 heterocycles. The van der Waals surface area contributed by atoms with Crippen LogP contribution in [0, 0.1) is 6.92 Å². The molecule has 0 saturated heterocycles. The first kappa shape index (κ1) is 13.1. The summed E-state index contributed by atoms with van der Waals surface area (Å²) in [4.78, 5) is 11.3. The predicted molar refractivity (Wildman–Crippen MR) is 73.3 cm³/mol. The van der Waals surface area contributed by atoms with Gasteiger partial charge in [-0.1, -0.05) is 0 Å². The van der Waals surface area contributed by atoms with E-state index in [0.29, 0.717) is 12.5 Å². The number of anilines is 2. The Balaban J connectivity index is 2.35. The highest BCUT2D eigenvalue weighted by Gasteiger charge is 2.28. The van der Waals surface area contributed by atoms with E-state index < -0.39 is 0 Å². The number of hydrogen-bond donors (Lipinski definition) is 2. The largest absolute Gasteiger partial charge is 0.395 e. The van der Waals surface area contributed by atoms with Gasteiger partial charge in [-0.3, -0.25) is 0 Å². The monoisotopic (exact) mass is 250 g/mol. The van der Waals surface area contributed by atoms with Crippen LogP contribution in [-0.2, 0) is 0 Å². The van der Waals surface area contributed by atoms with Crippen LogP contribution in [0.4, 0.5) is 11.6 Å². The van der Waals surface area contributed by atoms with Crippen LogP contribution < -0.4 is 10.2 Å². The lowest BCUT2D eigenvalue weighted by Gasteiger charge is -2.21. The van der Waals surface area contributed by atoms with E-state index in [0.717, 1.165) is 29.6 Å². The fraction of sp³-hybridized carbons (Fsp3) is 0.692. The molecule has 1 fully saturated rings. The predicted octanol–water partition coefficient (Wildman–Crippen LogP) is 1.52. The number of aliphatic hydroxyl groups is 1. The minimum atomic E-state index is 0.134. The zero-order valence-electron chi connectivity index (χ0n) is 11.4. The number of nitrogens with one attached hydrogen (secondary N) is 1. The van der Waals surface area contributed by atoms with Crippen LogP contribution in [0.25, 0.3) is 0 Å². The minimum absolute atomic E-state index is 0.134. The van der Waals surface area contributed by atoms with Gasteiger partial charge in [-0.15, -0.1) is 0 Å². The second-order valence-electron chi connectivity index (χ2n) is 4.83. The maximum atomic E-state index is 9.05. The molecule has 1 aliphatic carbocycles. The molecule has 5 heteroatoms. The van der Waals surface area contributed by atoms with Crippen LogP contribution in [-0.4, -0.2) is 41.8 Å². The zero-order chi connectivity index (χ0) is 13.1. The average Bonchev–Trinajstić information content (AvgIpc) is 3.16. The van der Waals surface area contributed by atoms with Crippen molar-refractivity contribution in [2.45, 2.75) is 32.6 Å². The fourth-order valence-electron chi connectivity index (χ4n) is 2.01. The van der Waals surface area contributed by atoms with E-state index in [1.165, 1.54) is 12.8 Å². The molecule has 5 nitrogen and oxygen atoms in total. The van der Waals surface area contributed by atoms with Gasteiger partial charge < -0.3 is 15.3 Å². The molecule has 1 aliphatic rings. The van der Waals surface area contributed by atoms with Crippen LogP contribution in [0.1, 0.15) is 37.1 Å². The number of rotatable bonds is 6. The molecule has 100 valence electrons. The molecule has 0 amide bonds. The molecule has 0 spiro atoms. The lowest BCUT2D eigenvalue weighted by atomic mass is 10.2. The van der Waals surface area contributed by atoms with Gasteiger partial charge in [0.25, 0.3) is 0 Å². The summed E-state index contributed by atoms with van der Waals surface area (Å²) in [6.07, 6.45) is 2.38. The Morgan fingerprint density at radius 3 is 2.67 bits per heavy atom. The minimum Gasteiger partial charge on any atom is -0.395 e. The van der Waals surface area contributed by atoms with Gasteiger partial charge in [0, 0.05) is 31.6 Å². The number of likely N-dealkylation sites (N-methyl/N-ethyl adjacent to an activating group) is 1. The normalized spacial score (nSPS) is 14.7. The van der Waals surface area contributed by atoms with Gasteiger partial charge in [-0.05, 0) is 26.7 Å². The van der Waals surface area contributed by atoms with E-state index in [9.17, 15) is 0 Å². The topological polar surface area (TPSA) is 61.3 Å². The molecular formula is C13H22N4O. The van der Waals surface area contributed by atoms with E-state index in [-0.39, 0.29) is 6.61 Å². The van der Waals surface area contributed by atoms with Crippen molar-refractivity contribution in [3.8, 4) is 0 Å². The third kappa shape index (κ3) is 2.72. The quantitative estimate of drug-likeness (QED) is 0.801. The van der Waals surface area contributed by atoms with Crippen molar-refractivity contribution in [3.63, 3.8) is 0 Å². The third-order valence-electron chi connectivity index (χ3n) is 3.22. The third-order valence-corrected chi connectivity index (χ3v) is 3.22. The Hall–Kier alpha value is -1.36. The Kier molecular flexibility index (Phi) is 4.01. The zero-order valence-corrected chi connectivity index (χ0v) is 11.4. The highest BCUT2D eigenvalue weighted by molar-refractivity contribution is 5.58. The highest BCUT2D eigenvalue weighted by Crippen LogP contribution is 2.39. The van der Waals surface area contributed by atoms with Crippen LogP contribution in [0.15, 0.2) is 0 Å². The SMILES string of the molecule is CCNc1nc(C2CC2)nc(N(C)CCO)c1C. The molecule has 0 aromatic carbocycles. The van der Waals surface area contributed by atoms with Crippen molar-refractivity contribution in [1.82, 2.24) is 9.97 Å². The Morgan fingerprint density at radius 1 is 1.39 bits per heavy atom. The maximum Gasteiger partial charge on any atom is 0.137 e.